The Morgan fingerprint density at radius 2 is 0.812 bits per heavy atom. The number of likely N-dealkylation sites (N-methyl/N-ethyl adjacent to an activating group) is 2. The maximum atomic E-state index is 2.33. The molecule has 0 aliphatic carbocycles. The fourth-order valence-electron chi connectivity index (χ4n) is 0.838. The van der Waals surface area contributed by atoms with E-state index in [4.69, 9.17) is 0 Å². The molecule has 0 aromatic carbocycles. The smallest absolute Gasteiger partial charge is 0.104 e. The normalized spacial score (nSPS) is 16.2. The molecule has 0 spiro atoms. The number of hydrogen-bond donors (Lipinski definition) is 0. The molecule has 0 heterocycles. The van der Waals surface area contributed by atoms with Gasteiger partial charge in [-0.1, -0.05) is 0 Å². The standard InChI is InChI=1S/C12H28N2.2BrH/c1-11(13(3,4)5)9-10-12(2)14(6,7)8;;/h9-12H,1-8H3;2*1H/q+2;;/p-2/b10-9+;;. The van der Waals surface area contributed by atoms with Crippen molar-refractivity contribution in [3.63, 3.8) is 0 Å². The fourth-order valence-corrected chi connectivity index (χ4v) is 0.838. The van der Waals surface area contributed by atoms with E-state index in [9.17, 15) is 0 Å². The van der Waals surface area contributed by atoms with Crippen LogP contribution >= 0.6 is 0 Å². The van der Waals surface area contributed by atoms with Crippen LogP contribution in [0.15, 0.2) is 12.2 Å². The number of nitrogens with zero attached hydrogens (tertiary/aromatic N) is 2. The van der Waals surface area contributed by atoms with Crippen molar-refractivity contribution in [3.8, 4) is 0 Å². The highest BCUT2D eigenvalue weighted by atomic mass is 79.9. The summed E-state index contributed by atoms with van der Waals surface area (Å²) in [5, 5.41) is 0. The van der Waals surface area contributed by atoms with Crippen molar-refractivity contribution in [2.24, 2.45) is 0 Å². The average molecular weight is 360 g/mol. The van der Waals surface area contributed by atoms with E-state index in [2.05, 4.69) is 68.3 Å². The Morgan fingerprint density at radius 1 is 0.625 bits per heavy atom. The minimum atomic E-state index is 0. The van der Waals surface area contributed by atoms with Gasteiger partial charge >= 0.3 is 0 Å². The highest BCUT2D eigenvalue weighted by Crippen LogP contribution is 2.08. The van der Waals surface area contributed by atoms with E-state index in [0.29, 0.717) is 12.1 Å². The van der Waals surface area contributed by atoms with Crippen LogP contribution in [0.5, 0.6) is 0 Å². The summed E-state index contributed by atoms with van der Waals surface area (Å²) in [6.07, 6.45) is 4.66. The first kappa shape index (κ1) is 21.9. The molecule has 0 saturated heterocycles. The number of rotatable bonds is 4. The lowest BCUT2D eigenvalue weighted by Gasteiger charge is -2.32. The first-order valence-corrected chi connectivity index (χ1v) is 5.35. The molecular formula is C12H28Br2N2. The molecule has 4 heteroatoms. The summed E-state index contributed by atoms with van der Waals surface area (Å²) in [5.41, 5.74) is 0. The first-order valence-electron chi connectivity index (χ1n) is 5.35. The Hall–Kier alpha value is 0.620. The Balaban J connectivity index is -0.000000845. The third kappa shape index (κ3) is 8.74. The average Bonchev–Trinajstić information content (AvgIpc) is 1.95. The quantitative estimate of drug-likeness (QED) is 0.352. The van der Waals surface area contributed by atoms with E-state index >= 15 is 0 Å². The zero-order valence-electron chi connectivity index (χ0n) is 12.0. The van der Waals surface area contributed by atoms with Crippen molar-refractivity contribution in [3.05, 3.63) is 12.2 Å². The molecular weight excluding hydrogens is 332 g/mol. The Bertz CT molecular complexity index is 180. The summed E-state index contributed by atoms with van der Waals surface area (Å²) in [5.74, 6) is 0. The minimum Gasteiger partial charge on any atom is -1.00 e. The van der Waals surface area contributed by atoms with Gasteiger partial charge in [0, 0.05) is 0 Å². The predicted octanol–water partition coefficient (Wildman–Crippen LogP) is -4.26. The fraction of sp³-hybridized carbons (Fsp3) is 0.833. The molecule has 0 saturated carbocycles. The number of quaternary nitrogens is 2. The van der Waals surface area contributed by atoms with Crippen LogP contribution in [0, 0.1) is 0 Å². The molecule has 0 aromatic rings. The van der Waals surface area contributed by atoms with Crippen LogP contribution in [-0.4, -0.2) is 63.3 Å². The highest BCUT2D eigenvalue weighted by molar-refractivity contribution is 4.91. The molecule has 0 fully saturated rings. The van der Waals surface area contributed by atoms with Gasteiger partial charge in [0.25, 0.3) is 0 Å². The molecule has 2 nitrogen and oxygen atoms in total. The van der Waals surface area contributed by atoms with Crippen LogP contribution in [0.25, 0.3) is 0 Å². The van der Waals surface area contributed by atoms with Crippen LogP contribution in [-0.2, 0) is 0 Å². The van der Waals surface area contributed by atoms with Crippen molar-refractivity contribution >= 4 is 0 Å². The maximum absolute atomic E-state index is 2.33. The SMILES string of the molecule is CC(/C=C/C(C)[N+](C)(C)C)[N+](C)(C)C.[Br-].[Br-]. The van der Waals surface area contributed by atoms with E-state index < -0.39 is 0 Å². The lowest BCUT2D eigenvalue weighted by Crippen LogP contribution is -3.00. The first-order chi connectivity index (χ1) is 6.05. The van der Waals surface area contributed by atoms with Crippen LogP contribution in [0.3, 0.4) is 0 Å². The van der Waals surface area contributed by atoms with Crippen molar-refractivity contribution in [2.45, 2.75) is 25.9 Å². The summed E-state index contributed by atoms with van der Waals surface area (Å²) < 4.78 is 1.97. The highest BCUT2D eigenvalue weighted by Gasteiger charge is 2.18. The summed E-state index contributed by atoms with van der Waals surface area (Å²) in [6, 6.07) is 1.15. The van der Waals surface area contributed by atoms with Gasteiger partial charge in [0.15, 0.2) is 0 Å². The number of hydrogen-bond acceptors (Lipinski definition) is 0. The lowest BCUT2D eigenvalue weighted by molar-refractivity contribution is -0.889. The summed E-state index contributed by atoms with van der Waals surface area (Å²) >= 11 is 0. The molecule has 100 valence electrons. The molecule has 2 unspecified atom stereocenters. The second kappa shape index (κ2) is 7.85. The zero-order valence-corrected chi connectivity index (χ0v) is 15.1. The molecule has 0 aliphatic heterocycles. The molecule has 0 aliphatic rings. The molecule has 16 heavy (non-hydrogen) atoms. The van der Waals surface area contributed by atoms with Gasteiger partial charge in [0.2, 0.25) is 0 Å². The van der Waals surface area contributed by atoms with Gasteiger partial charge < -0.3 is 42.9 Å². The topological polar surface area (TPSA) is 0 Å². The van der Waals surface area contributed by atoms with E-state index in [-0.39, 0.29) is 34.0 Å². The predicted molar refractivity (Wildman–Crippen MR) is 64.1 cm³/mol. The van der Waals surface area contributed by atoms with Gasteiger partial charge in [-0.15, -0.1) is 0 Å². The molecule has 0 N–H and O–H groups in total. The van der Waals surface area contributed by atoms with E-state index in [1.807, 2.05) is 0 Å². The molecule has 2 atom stereocenters. The van der Waals surface area contributed by atoms with Crippen LogP contribution in [0.2, 0.25) is 0 Å². The van der Waals surface area contributed by atoms with E-state index in [0.717, 1.165) is 8.97 Å². The largest absolute Gasteiger partial charge is 1.00 e. The second-order valence-electron chi connectivity index (χ2n) is 6.10. The lowest BCUT2D eigenvalue weighted by atomic mass is 10.2. The summed E-state index contributed by atoms with van der Waals surface area (Å²) in [6.45, 7) is 4.53. The van der Waals surface area contributed by atoms with Gasteiger partial charge in [-0.2, -0.15) is 0 Å². The number of halogens is 2. The van der Waals surface area contributed by atoms with Crippen molar-refractivity contribution in [2.75, 3.05) is 42.3 Å². The molecule has 0 aromatic heterocycles. The molecule has 0 rings (SSSR count). The van der Waals surface area contributed by atoms with Crippen molar-refractivity contribution in [1.82, 2.24) is 0 Å². The molecule has 0 bridgehead atoms. The van der Waals surface area contributed by atoms with Gasteiger partial charge in [0.05, 0.1) is 42.3 Å². The van der Waals surface area contributed by atoms with E-state index in [1.54, 1.807) is 0 Å². The van der Waals surface area contributed by atoms with Gasteiger partial charge in [0.1, 0.15) is 12.1 Å². The van der Waals surface area contributed by atoms with Gasteiger partial charge in [-0.3, -0.25) is 0 Å². The Kier molecular flexibility index (Phi) is 10.7. The third-order valence-electron chi connectivity index (χ3n) is 3.11. The monoisotopic (exact) mass is 358 g/mol. The van der Waals surface area contributed by atoms with Crippen molar-refractivity contribution in [1.29, 1.82) is 0 Å². The molecule has 0 amide bonds. The summed E-state index contributed by atoms with van der Waals surface area (Å²) in [4.78, 5) is 0. The van der Waals surface area contributed by atoms with Crippen LogP contribution in [0.4, 0.5) is 0 Å². The van der Waals surface area contributed by atoms with Crippen molar-refractivity contribution < 1.29 is 42.9 Å². The van der Waals surface area contributed by atoms with Crippen LogP contribution < -0.4 is 34.0 Å². The third-order valence-corrected chi connectivity index (χ3v) is 3.11. The zero-order chi connectivity index (χ0) is 11.6. The second-order valence-corrected chi connectivity index (χ2v) is 6.10. The van der Waals surface area contributed by atoms with Crippen LogP contribution in [0.1, 0.15) is 13.8 Å². The summed E-state index contributed by atoms with van der Waals surface area (Å²) in [7, 11) is 13.4. The van der Waals surface area contributed by atoms with Gasteiger partial charge in [-0.25, -0.2) is 0 Å². The molecule has 0 radical (unpaired) electrons. The van der Waals surface area contributed by atoms with E-state index in [1.165, 1.54) is 0 Å². The Morgan fingerprint density at radius 3 is 0.938 bits per heavy atom. The Labute approximate surface area is 123 Å². The van der Waals surface area contributed by atoms with Gasteiger partial charge in [-0.05, 0) is 26.0 Å². The minimum absolute atomic E-state index is 0. The maximum Gasteiger partial charge on any atom is 0.104 e.